The highest BCUT2D eigenvalue weighted by molar-refractivity contribution is 8.04. The average molecular weight is 259 g/mol. The second kappa shape index (κ2) is 3.89. The van der Waals surface area contributed by atoms with Crippen LogP contribution in [0.1, 0.15) is 0 Å². The predicted molar refractivity (Wildman–Crippen MR) is 60.0 cm³/mol. The van der Waals surface area contributed by atoms with Crippen molar-refractivity contribution >= 4 is 46.0 Å². The van der Waals surface area contributed by atoms with Crippen molar-refractivity contribution in [2.45, 2.75) is 4.90 Å². The van der Waals surface area contributed by atoms with Crippen LogP contribution in [0, 0.1) is 10.7 Å². The van der Waals surface area contributed by atoms with Gasteiger partial charge in [-0.05, 0) is 11.8 Å². The number of fused-ring (bicyclic) bond motifs is 1. The molecule has 0 aliphatic heterocycles. The molecule has 2 heterocycles. The molecule has 2 rings (SSSR count). The highest BCUT2D eigenvalue weighted by atomic mass is 35.5. The lowest BCUT2D eigenvalue weighted by molar-refractivity contribution is 0.937. The van der Waals surface area contributed by atoms with Crippen LogP contribution in [0.4, 0.5) is 0 Å². The summed E-state index contributed by atoms with van der Waals surface area (Å²) in [5.41, 5.74) is 1.29. The maximum absolute atomic E-state index is 8.67. The molecule has 4 nitrogen and oxygen atoms in total. The highest BCUT2D eigenvalue weighted by Crippen LogP contribution is 2.34. The SMILES string of the molecule is Cn1cnc2c(Cl)nc(Cl)c(SC#N)c21. The van der Waals surface area contributed by atoms with Gasteiger partial charge in [0.1, 0.15) is 16.1 Å². The number of hydrogen-bond donors (Lipinski definition) is 0. The molecule has 0 fully saturated rings. The van der Waals surface area contributed by atoms with Gasteiger partial charge in [0, 0.05) is 7.05 Å². The molecule has 0 aromatic carbocycles. The normalized spacial score (nSPS) is 10.5. The zero-order valence-corrected chi connectivity index (χ0v) is 9.86. The summed E-state index contributed by atoms with van der Waals surface area (Å²) in [6, 6.07) is 0. The molecule has 76 valence electrons. The van der Waals surface area contributed by atoms with Crippen molar-refractivity contribution < 1.29 is 0 Å². The zero-order chi connectivity index (χ0) is 11.0. The molecule has 15 heavy (non-hydrogen) atoms. The van der Waals surface area contributed by atoms with E-state index in [0.717, 1.165) is 17.3 Å². The maximum atomic E-state index is 8.67. The molecule has 0 aliphatic rings. The molecule has 0 aliphatic carbocycles. The van der Waals surface area contributed by atoms with E-state index >= 15 is 0 Å². The number of hydrogen-bond acceptors (Lipinski definition) is 4. The van der Waals surface area contributed by atoms with E-state index in [1.807, 2.05) is 12.4 Å². The first kappa shape index (κ1) is 10.6. The van der Waals surface area contributed by atoms with Gasteiger partial charge in [-0.3, -0.25) is 0 Å². The van der Waals surface area contributed by atoms with Crippen LogP contribution in [0.2, 0.25) is 10.3 Å². The molecule has 0 atom stereocenters. The number of imidazole rings is 1. The van der Waals surface area contributed by atoms with E-state index in [2.05, 4.69) is 9.97 Å². The smallest absolute Gasteiger partial charge is 0.158 e. The summed E-state index contributed by atoms with van der Waals surface area (Å²) < 4.78 is 1.76. The van der Waals surface area contributed by atoms with Crippen molar-refractivity contribution in [3.8, 4) is 5.40 Å². The first-order chi connectivity index (χ1) is 7.15. The third kappa shape index (κ3) is 1.65. The average Bonchev–Trinajstić information content (AvgIpc) is 2.56. The van der Waals surface area contributed by atoms with E-state index in [4.69, 9.17) is 28.5 Å². The van der Waals surface area contributed by atoms with Gasteiger partial charge in [-0.1, -0.05) is 23.2 Å². The minimum Gasteiger partial charge on any atom is -0.333 e. The summed E-state index contributed by atoms with van der Waals surface area (Å²) in [5.74, 6) is 0. The van der Waals surface area contributed by atoms with Crippen molar-refractivity contribution in [2.24, 2.45) is 7.05 Å². The summed E-state index contributed by atoms with van der Waals surface area (Å²) in [6.45, 7) is 0. The lowest BCUT2D eigenvalue weighted by atomic mass is 10.4. The Kier molecular flexibility index (Phi) is 2.74. The van der Waals surface area contributed by atoms with Gasteiger partial charge in [0.05, 0.1) is 16.7 Å². The molecule has 0 bridgehead atoms. The Morgan fingerprint density at radius 3 is 2.87 bits per heavy atom. The minimum atomic E-state index is 0.225. The number of aromatic nitrogens is 3. The predicted octanol–water partition coefficient (Wildman–Crippen LogP) is 2.85. The van der Waals surface area contributed by atoms with Crippen molar-refractivity contribution in [3.05, 3.63) is 16.6 Å². The monoisotopic (exact) mass is 258 g/mol. The largest absolute Gasteiger partial charge is 0.333 e. The number of thiocyanates is 1. The van der Waals surface area contributed by atoms with Gasteiger partial charge in [-0.15, -0.1) is 0 Å². The Labute approximate surface area is 99.8 Å². The van der Waals surface area contributed by atoms with E-state index in [-0.39, 0.29) is 10.3 Å². The van der Waals surface area contributed by atoms with E-state index in [9.17, 15) is 0 Å². The molecule has 0 unspecified atom stereocenters. The molecule has 2 aromatic heterocycles. The van der Waals surface area contributed by atoms with Gasteiger partial charge >= 0.3 is 0 Å². The topological polar surface area (TPSA) is 54.5 Å². The lowest BCUT2D eigenvalue weighted by Crippen LogP contribution is -1.90. The summed E-state index contributed by atoms with van der Waals surface area (Å²) in [4.78, 5) is 8.59. The molecular weight excluding hydrogens is 255 g/mol. The van der Waals surface area contributed by atoms with Crippen molar-refractivity contribution in [1.29, 1.82) is 5.26 Å². The van der Waals surface area contributed by atoms with Crippen molar-refractivity contribution in [1.82, 2.24) is 14.5 Å². The first-order valence-corrected chi connectivity index (χ1v) is 5.44. The molecule has 0 amide bonds. The number of aryl methyl sites for hydroxylation is 1. The number of thioether (sulfide) groups is 1. The van der Waals surface area contributed by atoms with Gasteiger partial charge in [0.15, 0.2) is 5.15 Å². The van der Waals surface area contributed by atoms with Crippen LogP contribution >= 0.6 is 35.0 Å². The molecule has 7 heteroatoms. The quantitative estimate of drug-likeness (QED) is 0.449. The molecule has 2 aromatic rings. The van der Waals surface area contributed by atoms with Gasteiger partial charge < -0.3 is 4.57 Å². The Balaban J connectivity index is 2.88. The minimum absolute atomic E-state index is 0.225. The van der Waals surface area contributed by atoms with Gasteiger partial charge in [0.2, 0.25) is 0 Å². The van der Waals surface area contributed by atoms with Crippen LogP contribution < -0.4 is 0 Å². The number of pyridine rings is 1. The second-order valence-corrected chi connectivity index (χ2v) is 4.28. The van der Waals surface area contributed by atoms with Gasteiger partial charge in [0.25, 0.3) is 0 Å². The molecular formula is C8H4Cl2N4S. The Bertz CT molecular complexity index is 572. The number of nitrogens with zero attached hydrogens (tertiary/aromatic N) is 4. The summed E-state index contributed by atoms with van der Waals surface area (Å²) >= 11 is 12.7. The van der Waals surface area contributed by atoms with E-state index in [1.54, 1.807) is 10.9 Å². The first-order valence-electron chi connectivity index (χ1n) is 3.87. The summed E-state index contributed by atoms with van der Waals surface area (Å²) in [7, 11) is 1.81. The van der Waals surface area contributed by atoms with Crippen molar-refractivity contribution in [3.63, 3.8) is 0 Å². The third-order valence-electron chi connectivity index (χ3n) is 1.88. The Morgan fingerprint density at radius 2 is 2.20 bits per heavy atom. The lowest BCUT2D eigenvalue weighted by Gasteiger charge is -2.03. The van der Waals surface area contributed by atoms with Gasteiger partial charge in [-0.25, -0.2) is 9.97 Å². The molecule has 0 saturated carbocycles. The fourth-order valence-electron chi connectivity index (χ4n) is 1.27. The van der Waals surface area contributed by atoms with E-state index in [0.29, 0.717) is 10.4 Å². The fourth-order valence-corrected chi connectivity index (χ4v) is 2.39. The summed E-state index contributed by atoms with van der Waals surface area (Å²) in [6.07, 6.45) is 1.61. The Morgan fingerprint density at radius 1 is 1.47 bits per heavy atom. The Hall–Kier alpha value is -0.960. The van der Waals surface area contributed by atoms with Crippen LogP contribution in [-0.2, 0) is 7.05 Å². The fraction of sp³-hybridized carbons (Fsp3) is 0.125. The van der Waals surface area contributed by atoms with Crippen molar-refractivity contribution in [2.75, 3.05) is 0 Å². The van der Waals surface area contributed by atoms with Crippen LogP contribution in [-0.4, -0.2) is 14.5 Å². The van der Waals surface area contributed by atoms with Crippen LogP contribution in [0.15, 0.2) is 11.2 Å². The zero-order valence-electron chi connectivity index (χ0n) is 7.53. The number of rotatable bonds is 1. The third-order valence-corrected chi connectivity index (χ3v) is 3.21. The van der Waals surface area contributed by atoms with E-state index < -0.39 is 0 Å². The molecule has 0 saturated heterocycles. The van der Waals surface area contributed by atoms with Crippen LogP contribution in [0.5, 0.6) is 0 Å². The molecule has 0 spiro atoms. The standard InChI is InChI=1S/C8H4Cl2N4S/c1-14-3-12-4-5(14)6(15-2-11)8(10)13-7(4)9/h3H,1H3. The summed E-state index contributed by atoms with van der Waals surface area (Å²) in [5, 5.41) is 11.1. The maximum Gasteiger partial charge on any atom is 0.158 e. The number of nitriles is 1. The van der Waals surface area contributed by atoms with Crippen LogP contribution in [0.3, 0.4) is 0 Å². The molecule has 0 N–H and O–H groups in total. The second-order valence-electron chi connectivity index (χ2n) is 2.77. The van der Waals surface area contributed by atoms with Gasteiger partial charge in [-0.2, -0.15) is 5.26 Å². The number of halogens is 2. The van der Waals surface area contributed by atoms with E-state index in [1.165, 1.54) is 0 Å². The van der Waals surface area contributed by atoms with Crippen LogP contribution in [0.25, 0.3) is 11.0 Å². The molecule has 0 radical (unpaired) electrons. The highest BCUT2D eigenvalue weighted by Gasteiger charge is 2.15.